The molecule has 1 aromatic heterocycles. The van der Waals surface area contributed by atoms with E-state index in [-0.39, 0.29) is 17.4 Å². The molecule has 0 aliphatic carbocycles. The summed E-state index contributed by atoms with van der Waals surface area (Å²) < 4.78 is 16.7. The van der Waals surface area contributed by atoms with Crippen LogP contribution in [0.1, 0.15) is 40.0 Å². The summed E-state index contributed by atoms with van der Waals surface area (Å²) in [7, 11) is 2.85. The Bertz CT molecular complexity index is 1720. The lowest BCUT2D eigenvalue weighted by atomic mass is 9.94. The summed E-state index contributed by atoms with van der Waals surface area (Å²) in [5.41, 5.74) is 2.70. The minimum Gasteiger partial charge on any atom is -0.507 e. The maximum Gasteiger partial charge on any atom is 0.337 e. The molecule has 0 saturated carbocycles. The predicted octanol–water partition coefficient (Wildman–Crippen LogP) is 5.04. The molecule has 10 heteroatoms. The first kappa shape index (κ1) is 25.6. The van der Waals surface area contributed by atoms with Gasteiger partial charge in [-0.15, -0.1) is 0 Å². The number of aliphatic hydroxyl groups excluding tert-OH is 1. The number of Topliss-reactive ketones (excluding diaryl/α,β-unsaturated/α-hetero) is 1. The Morgan fingerprint density at radius 2 is 1.80 bits per heavy atom. The van der Waals surface area contributed by atoms with Crippen LogP contribution in [0, 0.1) is 0 Å². The van der Waals surface area contributed by atoms with Gasteiger partial charge in [-0.2, -0.15) is 0 Å². The Balaban J connectivity index is 1.52. The highest BCUT2D eigenvalue weighted by molar-refractivity contribution is 7.22. The Morgan fingerprint density at radius 1 is 1.05 bits per heavy atom. The fourth-order valence-electron chi connectivity index (χ4n) is 5.11. The van der Waals surface area contributed by atoms with Gasteiger partial charge in [0, 0.05) is 12.0 Å². The number of rotatable bonds is 5. The minimum atomic E-state index is -0.988. The molecule has 1 fully saturated rings. The van der Waals surface area contributed by atoms with Gasteiger partial charge in [-0.3, -0.25) is 14.5 Å². The Kier molecular flexibility index (Phi) is 6.26. The first-order valence-electron chi connectivity index (χ1n) is 12.5. The van der Waals surface area contributed by atoms with Gasteiger partial charge in [0.25, 0.3) is 5.78 Å². The third kappa shape index (κ3) is 4.17. The normalized spacial score (nSPS) is 19.5. The summed E-state index contributed by atoms with van der Waals surface area (Å²) in [6.45, 7) is 1.96. The van der Waals surface area contributed by atoms with Crippen molar-refractivity contribution in [1.29, 1.82) is 0 Å². The third-order valence-corrected chi connectivity index (χ3v) is 8.07. The maximum atomic E-state index is 13.6. The zero-order chi connectivity index (χ0) is 28.1. The molecule has 1 N–H and O–H groups in total. The van der Waals surface area contributed by atoms with E-state index in [4.69, 9.17) is 14.2 Å². The topological polar surface area (TPSA) is 115 Å². The smallest absolute Gasteiger partial charge is 0.337 e. The molecule has 3 aromatic carbocycles. The van der Waals surface area contributed by atoms with Gasteiger partial charge in [-0.05, 0) is 66.6 Å². The van der Waals surface area contributed by atoms with Crippen LogP contribution >= 0.6 is 11.3 Å². The van der Waals surface area contributed by atoms with Crippen molar-refractivity contribution in [2.75, 3.05) is 19.1 Å². The van der Waals surface area contributed by atoms with E-state index in [0.717, 1.165) is 16.0 Å². The second-order valence-electron chi connectivity index (χ2n) is 9.57. The number of aromatic nitrogens is 1. The molecule has 1 saturated heterocycles. The molecule has 4 aromatic rings. The molecule has 40 heavy (non-hydrogen) atoms. The average Bonchev–Trinajstić information content (AvgIpc) is 3.63. The number of carbonyl (C=O) groups excluding carboxylic acids is 3. The summed E-state index contributed by atoms with van der Waals surface area (Å²) in [6.07, 6.45) is 0.669. The molecular weight excluding hydrogens is 532 g/mol. The number of fused-ring (bicyclic) bond motifs is 2. The molecule has 3 heterocycles. The second-order valence-corrected chi connectivity index (χ2v) is 10.6. The molecular formula is C30H24N2O7S. The molecule has 0 radical (unpaired) electrons. The monoisotopic (exact) mass is 556 g/mol. The van der Waals surface area contributed by atoms with E-state index >= 15 is 0 Å². The number of anilines is 1. The van der Waals surface area contributed by atoms with E-state index in [9.17, 15) is 19.5 Å². The number of thiazole rings is 1. The van der Waals surface area contributed by atoms with Crippen molar-refractivity contribution in [2.45, 2.75) is 25.5 Å². The van der Waals surface area contributed by atoms with E-state index in [1.165, 1.54) is 23.3 Å². The predicted molar refractivity (Wildman–Crippen MR) is 149 cm³/mol. The van der Waals surface area contributed by atoms with Crippen molar-refractivity contribution < 1.29 is 33.7 Å². The molecule has 202 valence electrons. The molecule has 2 aliphatic rings. The molecule has 0 spiro atoms. The van der Waals surface area contributed by atoms with Gasteiger partial charge in [-0.25, -0.2) is 9.78 Å². The zero-order valence-corrected chi connectivity index (χ0v) is 22.7. The number of hydrogen-bond donors (Lipinski definition) is 1. The number of esters is 1. The summed E-state index contributed by atoms with van der Waals surface area (Å²) in [5, 5.41) is 11.8. The van der Waals surface area contributed by atoms with Crippen molar-refractivity contribution in [3.05, 3.63) is 88.5 Å². The SMILES string of the molecule is COC(=O)c1ccc([C@H]2C(=C(O)c3ccc4c(c3)C[C@H](C)O4)C(=O)C(=O)N2c2nc3ccc(OC)cc3s2)cc1. The van der Waals surface area contributed by atoms with Gasteiger partial charge in [0.15, 0.2) is 5.13 Å². The number of ether oxygens (including phenoxy) is 3. The quantitative estimate of drug-likeness (QED) is 0.157. The fraction of sp³-hybridized carbons (Fsp3) is 0.200. The number of nitrogens with zero attached hydrogens (tertiary/aromatic N) is 2. The van der Waals surface area contributed by atoms with Crippen LogP contribution in [0.2, 0.25) is 0 Å². The lowest BCUT2D eigenvalue weighted by Crippen LogP contribution is -2.29. The Morgan fingerprint density at radius 3 is 2.52 bits per heavy atom. The minimum absolute atomic E-state index is 0.00367. The fourth-order valence-corrected chi connectivity index (χ4v) is 6.13. The highest BCUT2D eigenvalue weighted by atomic mass is 32.1. The number of carbonyl (C=O) groups is 3. The standard InChI is InChI=1S/C30H24N2O7S/c1-15-12-19-13-18(8-11-22(19)39-15)26(33)24-25(16-4-6-17(7-5-16)29(36)38-3)32(28(35)27(24)34)30-31-21-10-9-20(37-2)14-23(21)40-30/h4-11,13-15,25,33H,12H2,1-3H3/t15-,25-/m0/s1. The number of methoxy groups -OCH3 is 2. The molecule has 9 nitrogen and oxygen atoms in total. The van der Waals surface area contributed by atoms with Crippen molar-refractivity contribution in [3.63, 3.8) is 0 Å². The van der Waals surface area contributed by atoms with Gasteiger partial charge >= 0.3 is 11.9 Å². The van der Waals surface area contributed by atoms with E-state index in [1.807, 2.05) is 6.92 Å². The molecule has 2 atom stereocenters. The average molecular weight is 557 g/mol. The van der Waals surface area contributed by atoms with Crippen LogP contribution in [0.4, 0.5) is 5.13 Å². The van der Waals surface area contributed by atoms with E-state index in [2.05, 4.69) is 4.98 Å². The van der Waals surface area contributed by atoms with E-state index < -0.39 is 23.7 Å². The lowest BCUT2D eigenvalue weighted by Gasteiger charge is -2.23. The van der Waals surface area contributed by atoms with Crippen LogP contribution in [0.15, 0.2) is 66.2 Å². The van der Waals surface area contributed by atoms with Gasteiger partial charge in [0.05, 0.1) is 41.6 Å². The number of amides is 1. The van der Waals surface area contributed by atoms with Crippen molar-refractivity contribution in [1.82, 2.24) is 4.98 Å². The Hall–Kier alpha value is -4.70. The van der Waals surface area contributed by atoms with Crippen LogP contribution < -0.4 is 14.4 Å². The molecule has 1 amide bonds. The molecule has 2 aliphatic heterocycles. The first-order chi connectivity index (χ1) is 19.3. The van der Waals surface area contributed by atoms with Crippen molar-refractivity contribution in [3.8, 4) is 11.5 Å². The zero-order valence-electron chi connectivity index (χ0n) is 21.8. The highest BCUT2D eigenvalue weighted by Crippen LogP contribution is 2.45. The van der Waals surface area contributed by atoms with Gasteiger partial charge in [0.1, 0.15) is 23.4 Å². The largest absolute Gasteiger partial charge is 0.507 e. The summed E-state index contributed by atoms with van der Waals surface area (Å²) in [5.74, 6) is -1.10. The van der Waals surface area contributed by atoms with Crippen LogP contribution in [0.3, 0.4) is 0 Å². The van der Waals surface area contributed by atoms with Crippen molar-refractivity contribution >= 4 is 50.1 Å². The number of benzene rings is 3. The molecule has 0 bridgehead atoms. The van der Waals surface area contributed by atoms with Gasteiger partial charge < -0.3 is 19.3 Å². The van der Waals surface area contributed by atoms with Gasteiger partial charge in [0.2, 0.25) is 0 Å². The summed E-state index contributed by atoms with van der Waals surface area (Å²) in [4.78, 5) is 45.1. The van der Waals surface area contributed by atoms with Crippen LogP contribution in [0.25, 0.3) is 16.0 Å². The molecule has 0 unspecified atom stereocenters. The summed E-state index contributed by atoms with van der Waals surface area (Å²) in [6, 6.07) is 15.9. The van der Waals surface area contributed by atoms with E-state index in [0.29, 0.717) is 39.5 Å². The van der Waals surface area contributed by atoms with Crippen LogP contribution in [-0.2, 0) is 20.7 Å². The van der Waals surface area contributed by atoms with Crippen molar-refractivity contribution in [2.24, 2.45) is 0 Å². The van der Waals surface area contributed by atoms with Crippen LogP contribution in [-0.4, -0.2) is 48.1 Å². The summed E-state index contributed by atoms with van der Waals surface area (Å²) >= 11 is 1.23. The lowest BCUT2D eigenvalue weighted by molar-refractivity contribution is -0.132. The number of aliphatic hydroxyl groups is 1. The van der Waals surface area contributed by atoms with Gasteiger partial charge in [-0.1, -0.05) is 23.5 Å². The number of hydrogen-bond acceptors (Lipinski definition) is 9. The number of ketones is 1. The van der Waals surface area contributed by atoms with E-state index in [1.54, 1.807) is 67.8 Å². The first-order valence-corrected chi connectivity index (χ1v) is 13.3. The second kappa shape index (κ2) is 9.80. The highest BCUT2D eigenvalue weighted by Gasteiger charge is 2.48. The molecule has 6 rings (SSSR count). The maximum absolute atomic E-state index is 13.6. The van der Waals surface area contributed by atoms with Crippen LogP contribution in [0.5, 0.6) is 11.5 Å². The third-order valence-electron chi connectivity index (χ3n) is 7.05. The Labute approximate surface area is 233 Å².